The van der Waals surface area contributed by atoms with Gasteiger partial charge in [0.15, 0.2) is 0 Å². The van der Waals surface area contributed by atoms with E-state index in [-0.39, 0.29) is 6.04 Å². The van der Waals surface area contributed by atoms with Gasteiger partial charge in [-0.15, -0.1) is 11.3 Å². The van der Waals surface area contributed by atoms with E-state index in [1.165, 1.54) is 10.4 Å². The lowest BCUT2D eigenvalue weighted by atomic mass is 9.98. The maximum atomic E-state index is 6.47. The van der Waals surface area contributed by atoms with Crippen LogP contribution in [0.2, 0.25) is 0 Å². The molecule has 1 aromatic heterocycles. The highest BCUT2D eigenvalue weighted by atomic mass is 32.1. The van der Waals surface area contributed by atoms with Crippen LogP contribution < -0.4 is 5.73 Å². The molecule has 0 aromatic carbocycles. The SMILES string of the molecule is CCC(N)C(c1sccc1C)N1CCN(CC)C(C)C1. The molecule has 3 unspecified atom stereocenters. The highest BCUT2D eigenvalue weighted by Gasteiger charge is 2.32. The fourth-order valence-corrected chi connectivity index (χ4v) is 4.42. The highest BCUT2D eigenvalue weighted by Crippen LogP contribution is 2.33. The molecule has 0 aliphatic carbocycles. The molecule has 114 valence electrons. The Morgan fingerprint density at radius 2 is 2.15 bits per heavy atom. The van der Waals surface area contributed by atoms with Crippen LogP contribution in [-0.2, 0) is 0 Å². The topological polar surface area (TPSA) is 32.5 Å². The van der Waals surface area contributed by atoms with Crippen molar-refractivity contribution in [2.24, 2.45) is 5.73 Å². The molecule has 2 rings (SSSR count). The Kier molecular flexibility index (Phi) is 5.61. The van der Waals surface area contributed by atoms with Crippen molar-refractivity contribution in [2.45, 2.75) is 52.2 Å². The number of rotatable bonds is 5. The van der Waals surface area contributed by atoms with Crippen LogP contribution in [0.4, 0.5) is 0 Å². The van der Waals surface area contributed by atoms with Gasteiger partial charge >= 0.3 is 0 Å². The summed E-state index contributed by atoms with van der Waals surface area (Å²) in [5.74, 6) is 0. The van der Waals surface area contributed by atoms with Gasteiger partial charge in [-0.05, 0) is 43.8 Å². The summed E-state index contributed by atoms with van der Waals surface area (Å²) in [5, 5.41) is 2.20. The molecule has 2 heterocycles. The van der Waals surface area contributed by atoms with Gasteiger partial charge in [-0.2, -0.15) is 0 Å². The number of hydrogen-bond donors (Lipinski definition) is 1. The molecule has 0 radical (unpaired) electrons. The van der Waals surface area contributed by atoms with Crippen LogP contribution >= 0.6 is 11.3 Å². The number of nitrogens with two attached hydrogens (primary N) is 1. The Bertz CT molecular complexity index is 418. The van der Waals surface area contributed by atoms with E-state index in [9.17, 15) is 0 Å². The Morgan fingerprint density at radius 1 is 1.40 bits per heavy atom. The second kappa shape index (κ2) is 7.03. The fourth-order valence-electron chi connectivity index (χ4n) is 3.29. The summed E-state index contributed by atoms with van der Waals surface area (Å²) >= 11 is 1.87. The fraction of sp³-hybridized carbons (Fsp3) is 0.750. The van der Waals surface area contributed by atoms with Crippen LogP contribution in [0.1, 0.15) is 43.7 Å². The number of hydrogen-bond acceptors (Lipinski definition) is 4. The largest absolute Gasteiger partial charge is 0.326 e. The lowest BCUT2D eigenvalue weighted by Crippen LogP contribution is -2.55. The van der Waals surface area contributed by atoms with Crippen molar-refractivity contribution < 1.29 is 0 Å². The summed E-state index contributed by atoms with van der Waals surface area (Å²) < 4.78 is 0. The third-order valence-electron chi connectivity index (χ3n) is 4.64. The molecule has 4 heteroatoms. The molecule has 0 spiro atoms. The van der Waals surface area contributed by atoms with E-state index in [1.807, 2.05) is 11.3 Å². The Balaban J connectivity index is 2.18. The second-order valence-electron chi connectivity index (χ2n) is 5.96. The minimum atomic E-state index is 0.229. The van der Waals surface area contributed by atoms with Crippen molar-refractivity contribution in [1.29, 1.82) is 0 Å². The Morgan fingerprint density at radius 3 is 2.65 bits per heavy atom. The first kappa shape index (κ1) is 16.0. The second-order valence-corrected chi connectivity index (χ2v) is 6.91. The minimum Gasteiger partial charge on any atom is -0.326 e. The summed E-state index contributed by atoms with van der Waals surface area (Å²) in [4.78, 5) is 6.65. The first-order chi connectivity index (χ1) is 9.58. The zero-order valence-electron chi connectivity index (χ0n) is 13.3. The molecular weight excluding hydrogens is 266 g/mol. The predicted octanol–water partition coefficient (Wildman–Crippen LogP) is 2.86. The summed E-state index contributed by atoms with van der Waals surface area (Å²) in [6.07, 6.45) is 1.03. The standard InChI is InChI=1S/C16H29N3S/c1-5-14(17)15(16-12(3)7-10-20-16)19-9-8-18(6-2)13(4)11-19/h7,10,13-15H,5-6,8-9,11,17H2,1-4H3. The van der Waals surface area contributed by atoms with Gasteiger partial charge in [0.2, 0.25) is 0 Å². The van der Waals surface area contributed by atoms with Crippen LogP contribution in [-0.4, -0.2) is 48.1 Å². The van der Waals surface area contributed by atoms with Gasteiger partial charge in [0.25, 0.3) is 0 Å². The van der Waals surface area contributed by atoms with E-state index < -0.39 is 0 Å². The molecular formula is C16H29N3S. The first-order valence-corrected chi connectivity index (χ1v) is 8.74. The molecule has 2 N–H and O–H groups in total. The molecule has 1 aliphatic rings. The smallest absolute Gasteiger partial charge is 0.0597 e. The summed E-state index contributed by atoms with van der Waals surface area (Å²) in [6, 6.07) is 3.47. The van der Waals surface area contributed by atoms with E-state index in [2.05, 4.69) is 48.9 Å². The van der Waals surface area contributed by atoms with Crippen molar-refractivity contribution in [3.05, 3.63) is 21.9 Å². The van der Waals surface area contributed by atoms with Gasteiger partial charge in [-0.3, -0.25) is 9.80 Å². The van der Waals surface area contributed by atoms with Crippen molar-refractivity contribution in [3.8, 4) is 0 Å². The van der Waals surface area contributed by atoms with E-state index in [0.717, 1.165) is 32.6 Å². The molecule has 1 aromatic rings. The van der Waals surface area contributed by atoms with Crippen LogP contribution in [0.25, 0.3) is 0 Å². The number of nitrogens with zero attached hydrogens (tertiary/aromatic N) is 2. The van der Waals surface area contributed by atoms with Crippen molar-refractivity contribution in [1.82, 2.24) is 9.80 Å². The lowest BCUT2D eigenvalue weighted by molar-refractivity contribution is 0.0502. The molecule has 1 saturated heterocycles. The normalized spacial score (nSPS) is 24.8. The zero-order chi connectivity index (χ0) is 14.7. The summed E-state index contributed by atoms with van der Waals surface area (Å²) in [6.45, 7) is 13.6. The van der Waals surface area contributed by atoms with E-state index in [1.54, 1.807) is 0 Å². The van der Waals surface area contributed by atoms with Gasteiger partial charge in [0.1, 0.15) is 0 Å². The molecule has 1 aliphatic heterocycles. The molecule has 3 atom stereocenters. The summed E-state index contributed by atoms with van der Waals surface area (Å²) in [5.41, 5.74) is 7.87. The van der Waals surface area contributed by atoms with Gasteiger partial charge < -0.3 is 5.73 Å². The molecule has 0 bridgehead atoms. The van der Waals surface area contributed by atoms with Gasteiger partial charge in [-0.1, -0.05) is 13.8 Å². The third-order valence-corrected chi connectivity index (χ3v) is 5.73. The van der Waals surface area contributed by atoms with Crippen LogP contribution in [0.5, 0.6) is 0 Å². The lowest BCUT2D eigenvalue weighted by Gasteiger charge is -2.44. The average Bonchev–Trinajstić information content (AvgIpc) is 2.85. The zero-order valence-corrected chi connectivity index (χ0v) is 14.1. The molecule has 0 amide bonds. The van der Waals surface area contributed by atoms with Crippen LogP contribution in [0.3, 0.4) is 0 Å². The average molecular weight is 295 g/mol. The van der Waals surface area contributed by atoms with Gasteiger partial charge in [0.05, 0.1) is 6.04 Å². The maximum absolute atomic E-state index is 6.47. The third kappa shape index (κ3) is 3.25. The van der Waals surface area contributed by atoms with Crippen molar-refractivity contribution >= 4 is 11.3 Å². The molecule has 20 heavy (non-hydrogen) atoms. The monoisotopic (exact) mass is 295 g/mol. The number of aryl methyl sites for hydroxylation is 1. The predicted molar refractivity (Wildman–Crippen MR) is 88.3 cm³/mol. The van der Waals surface area contributed by atoms with E-state index in [4.69, 9.17) is 5.73 Å². The number of thiophene rings is 1. The molecule has 0 saturated carbocycles. The highest BCUT2D eigenvalue weighted by molar-refractivity contribution is 7.10. The summed E-state index contributed by atoms with van der Waals surface area (Å²) in [7, 11) is 0. The minimum absolute atomic E-state index is 0.229. The Labute approximate surface area is 127 Å². The van der Waals surface area contributed by atoms with E-state index >= 15 is 0 Å². The molecule has 3 nitrogen and oxygen atoms in total. The number of likely N-dealkylation sites (N-methyl/N-ethyl adjacent to an activating group) is 1. The van der Waals surface area contributed by atoms with Crippen LogP contribution in [0, 0.1) is 6.92 Å². The first-order valence-electron chi connectivity index (χ1n) is 7.86. The van der Waals surface area contributed by atoms with Gasteiger partial charge in [0, 0.05) is 36.6 Å². The molecule has 1 fully saturated rings. The Hall–Kier alpha value is -0.420. The van der Waals surface area contributed by atoms with Crippen LogP contribution in [0.15, 0.2) is 11.4 Å². The van der Waals surface area contributed by atoms with Crippen molar-refractivity contribution in [2.75, 3.05) is 26.2 Å². The maximum Gasteiger partial charge on any atom is 0.0597 e. The van der Waals surface area contributed by atoms with Crippen molar-refractivity contribution in [3.63, 3.8) is 0 Å². The van der Waals surface area contributed by atoms with E-state index in [0.29, 0.717) is 12.1 Å². The van der Waals surface area contributed by atoms with Gasteiger partial charge in [-0.25, -0.2) is 0 Å². The number of piperazine rings is 1. The quantitative estimate of drug-likeness (QED) is 0.906.